The van der Waals surface area contributed by atoms with E-state index in [0.29, 0.717) is 0 Å². The molecule has 1 aliphatic carbocycles. The summed E-state index contributed by atoms with van der Waals surface area (Å²) in [7, 11) is 3.51. The SMILES string of the molecule is COC1=Cc2ccccc2C1c1cc(CCc2ccccc2)c2cccc(OC)c2c1. The van der Waals surface area contributed by atoms with Crippen molar-refractivity contribution in [1.82, 2.24) is 0 Å². The molecule has 0 saturated carbocycles. The molecule has 0 aliphatic heterocycles. The Morgan fingerprint density at radius 1 is 0.710 bits per heavy atom. The van der Waals surface area contributed by atoms with Gasteiger partial charge in [0.2, 0.25) is 0 Å². The van der Waals surface area contributed by atoms with Crippen LogP contribution in [0.5, 0.6) is 5.75 Å². The minimum absolute atomic E-state index is 0.103. The van der Waals surface area contributed by atoms with Crippen molar-refractivity contribution in [2.45, 2.75) is 18.8 Å². The summed E-state index contributed by atoms with van der Waals surface area (Å²) in [4.78, 5) is 0. The van der Waals surface area contributed by atoms with Gasteiger partial charge in [0.15, 0.2) is 0 Å². The third kappa shape index (κ3) is 3.59. The molecule has 154 valence electrons. The Hall–Kier alpha value is -3.52. The van der Waals surface area contributed by atoms with Crippen LogP contribution < -0.4 is 4.74 Å². The first-order valence-corrected chi connectivity index (χ1v) is 10.8. The van der Waals surface area contributed by atoms with E-state index < -0.39 is 0 Å². The Labute approximate surface area is 183 Å². The summed E-state index contributed by atoms with van der Waals surface area (Å²) in [6, 6.07) is 30.2. The zero-order valence-corrected chi connectivity index (χ0v) is 18.0. The molecule has 1 aliphatic rings. The van der Waals surface area contributed by atoms with E-state index in [4.69, 9.17) is 9.47 Å². The molecule has 0 amide bonds. The lowest BCUT2D eigenvalue weighted by atomic mass is 9.87. The van der Waals surface area contributed by atoms with Gasteiger partial charge in [0.25, 0.3) is 0 Å². The summed E-state index contributed by atoms with van der Waals surface area (Å²) in [5.41, 5.74) is 6.47. The molecule has 31 heavy (non-hydrogen) atoms. The molecule has 0 fully saturated rings. The molecule has 5 rings (SSSR count). The van der Waals surface area contributed by atoms with E-state index in [1.54, 1.807) is 14.2 Å². The normalized spacial score (nSPS) is 14.9. The quantitative estimate of drug-likeness (QED) is 0.352. The molecule has 1 unspecified atom stereocenters. The molecule has 0 spiro atoms. The molecule has 1 atom stereocenters. The first kappa shape index (κ1) is 19.4. The van der Waals surface area contributed by atoms with E-state index >= 15 is 0 Å². The highest BCUT2D eigenvalue weighted by Crippen LogP contribution is 2.43. The zero-order chi connectivity index (χ0) is 21.2. The maximum absolute atomic E-state index is 5.83. The fourth-order valence-corrected chi connectivity index (χ4v) is 4.75. The number of aryl methyl sites for hydroxylation is 2. The van der Waals surface area contributed by atoms with Crippen LogP contribution in [0.1, 0.15) is 33.7 Å². The van der Waals surface area contributed by atoms with Gasteiger partial charge in [0.1, 0.15) is 11.5 Å². The average molecular weight is 407 g/mol. The van der Waals surface area contributed by atoms with E-state index in [9.17, 15) is 0 Å². The largest absolute Gasteiger partial charge is 0.500 e. The molecule has 0 saturated heterocycles. The molecule has 0 radical (unpaired) electrons. The van der Waals surface area contributed by atoms with Crippen LogP contribution in [0.4, 0.5) is 0 Å². The van der Waals surface area contributed by atoms with E-state index in [1.165, 1.54) is 33.2 Å². The fourth-order valence-electron chi connectivity index (χ4n) is 4.75. The predicted molar refractivity (Wildman–Crippen MR) is 128 cm³/mol. The van der Waals surface area contributed by atoms with Crippen LogP contribution in [0.25, 0.3) is 16.8 Å². The average Bonchev–Trinajstić information content (AvgIpc) is 3.21. The van der Waals surface area contributed by atoms with Crippen molar-refractivity contribution in [2.24, 2.45) is 0 Å². The van der Waals surface area contributed by atoms with Crippen LogP contribution in [0.3, 0.4) is 0 Å². The molecule has 0 heterocycles. The van der Waals surface area contributed by atoms with Crippen LogP contribution in [-0.4, -0.2) is 14.2 Å². The second-order valence-corrected chi connectivity index (χ2v) is 8.03. The standard InChI is InChI=1S/C29H26O2/c1-30-27-14-8-13-24-22(16-15-20-9-4-3-5-10-20)17-23(18-26(24)27)29-25-12-7-6-11-21(25)19-28(29)31-2/h3-14,17-19,29H,15-16H2,1-2H3. The van der Waals surface area contributed by atoms with Crippen molar-refractivity contribution in [2.75, 3.05) is 14.2 Å². The van der Waals surface area contributed by atoms with Crippen molar-refractivity contribution >= 4 is 16.8 Å². The van der Waals surface area contributed by atoms with Crippen LogP contribution in [0, 0.1) is 0 Å². The number of benzene rings is 4. The summed E-state index contributed by atoms with van der Waals surface area (Å²) in [5.74, 6) is 2.00. The van der Waals surface area contributed by atoms with E-state index in [2.05, 4.69) is 84.9 Å². The van der Waals surface area contributed by atoms with Gasteiger partial charge >= 0.3 is 0 Å². The molecular weight excluding hydrogens is 380 g/mol. The third-order valence-corrected chi connectivity index (χ3v) is 6.27. The molecule has 4 aromatic rings. The Bertz CT molecular complexity index is 1250. The van der Waals surface area contributed by atoms with Gasteiger partial charge in [-0.15, -0.1) is 0 Å². The molecule has 4 aromatic carbocycles. The lowest BCUT2D eigenvalue weighted by Crippen LogP contribution is -2.05. The van der Waals surface area contributed by atoms with Gasteiger partial charge in [0.05, 0.1) is 20.1 Å². The highest BCUT2D eigenvalue weighted by molar-refractivity contribution is 5.92. The third-order valence-electron chi connectivity index (χ3n) is 6.27. The number of fused-ring (bicyclic) bond motifs is 2. The maximum Gasteiger partial charge on any atom is 0.126 e. The number of allylic oxidation sites excluding steroid dienone is 1. The van der Waals surface area contributed by atoms with Gasteiger partial charge in [-0.3, -0.25) is 0 Å². The molecule has 2 heteroatoms. The van der Waals surface area contributed by atoms with Gasteiger partial charge < -0.3 is 9.47 Å². The van der Waals surface area contributed by atoms with E-state index in [1.807, 2.05) is 6.07 Å². The van der Waals surface area contributed by atoms with Crippen LogP contribution >= 0.6 is 0 Å². The fraction of sp³-hybridized carbons (Fsp3) is 0.172. The number of hydrogen-bond acceptors (Lipinski definition) is 2. The van der Waals surface area contributed by atoms with Gasteiger partial charge in [-0.2, -0.15) is 0 Å². The Kier molecular flexibility index (Phi) is 5.21. The highest BCUT2D eigenvalue weighted by Gasteiger charge is 2.28. The summed E-state index contributed by atoms with van der Waals surface area (Å²) >= 11 is 0. The molecular formula is C29H26O2. The van der Waals surface area contributed by atoms with Gasteiger partial charge in [-0.05, 0) is 64.3 Å². The summed E-state index contributed by atoms with van der Waals surface area (Å²) in [6.07, 6.45) is 4.14. The van der Waals surface area contributed by atoms with Gasteiger partial charge in [-0.25, -0.2) is 0 Å². The minimum Gasteiger partial charge on any atom is -0.500 e. The van der Waals surface area contributed by atoms with Crippen molar-refractivity contribution in [3.8, 4) is 5.75 Å². The Morgan fingerprint density at radius 3 is 2.32 bits per heavy atom. The lowest BCUT2D eigenvalue weighted by Gasteiger charge is -2.20. The number of hydrogen-bond donors (Lipinski definition) is 0. The van der Waals surface area contributed by atoms with Crippen molar-refractivity contribution < 1.29 is 9.47 Å². The predicted octanol–water partition coefficient (Wildman–Crippen LogP) is 6.77. The summed E-state index contributed by atoms with van der Waals surface area (Å²) in [5, 5.41) is 2.42. The Morgan fingerprint density at radius 2 is 1.52 bits per heavy atom. The van der Waals surface area contributed by atoms with Crippen LogP contribution in [0.2, 0.25) is 0 Å². The number of rotatable bonds is 6. The first-order valence-electron chi connectivity index (χ1n) is 10.8. The maximum atomic E-state index is 5.83. The topological polar surface area (TPSA) is 18.5 Å². The monoisotopic (exact) mass is 406 g/mol. The van der Waals surface area contributed by atoms with Gasteiger partial charge in [0, 0.05) is 5.39 Å². The highest BCUT2D eigenvalue weighted by atomic mass is 16.5. The Balaban J connectivity index is 1.64. The zero-order valence-electron chi connectivity index (χ0n) is 18.0. The van der Waals surface area contributed by atoms with Crippen LogP contribution in [-0.2, 0) is 17.6 Å². The van der Waals surface area contributed by atoms with E-state index in [0.717, 1.165) is 29.7 Å². The summed E-state index contributed by atoms with van der Waals surface area (Å²) in [6.45, 7) is 0. The van der Waals surface area contributed by atoms with Crippen molar-refractivity contribution in [3.05, 3.63) is 119 Å². The lowest BCUT2D eigenvalue weighted by molar-refractivity contribution is 0.279. The molecule has 0 bridgehead atoms. The molecule has 0 aromatic heterocycles. The first-order chi connectivity index (χ1) is 15.3. The van der Waals surface area contributed by atoms with Crippen LogP contribution in [0.15, 0.2) is 90.7 Å². The van der Waals surface area contributed by atoms with Crippen molar-refractivity contribution in [3.63, 3.8) is 0 Å². The second kappa shape index (κ2) is 8.31. The minimum atomic E-state index is 0.103. The number of methoxy groups -OCH3 is 2. The smallest absolute Gasteiger partial charge is 0.126 e. The molecule has 0 N–H and O–H groups in total. The van der Waals surface area contributed by atoms with Crippen molar-refractivity contribution in [1.29, 1.82) is 0 Å². The van der Waals surface area contributed by atoms with Gasteiger partial charge in [-0.1, -0.05) is 72.8 Å². The molecule has 2 nitrogen and oxygen atoms in total. The number of ether oxygens (including phenoxy) is 2. The second-order valence-electron chi connectivity index (χ2n) is 8.03. The summed E-state index contributed by atoms with van der Waals surface area (Å²) < 4.78 is 11.6. The van der Waals surface area contributed by atoms with E-state index in [-0.39, 0.29) is 5.92 Å².